The molecule has 0 aromatic carbocycles. The molecule has 1 fully saturated rings. The van der Waals surface area contributed by atoms with Crippen molar-refractivity contribution >= 4 is 17.4 Å². The highest BCUT2D eigenvalue weighted by atomic mass is 16.3. The fourth-order valence-corrected chi connectivity index (χ4v) is 2.43. The molecule has 3 rings (SSSR count). The van der Waals surface area contributed by atoms with Gasteiger partial charge < -0.3 is 14.6 Å². The number of pyridine rings is 1. The second-order valence-corrected chi connectivity index (χ2v) is 4.94. The maximum atomic E-state index is 12.0. The summed E-state index contributed by atoms with van der Waals surface area (Å²) in [6.07, 6.45) is 5.79. The molecule has 2 aromatic rings. The highest BCUT2D eigenvalue weighted by Crippen LogP contribution is 2.20. The van der Waals surface area contributed by atoms with Gasteiger partial charge in [-0.2, -0.15) is 0 Å². The van der Waals surface area contributed by atoms with Crippen LogP contribution in [0.5, 0.6) is 0 Å². The van der Waals surface area contributed by atoms with Crippen LogP contribution in [0.25, 0.3) is 0 Å². The summed E-state index contributed by atoms with van der Waals surface area (Å²) in [6, 6.07) is 5.49. The average Bonchev–Trinajstić information content (AvgIpc) is 3.10. The van der Waals surface area contributed by atoms with Crippen LogP contribution in [-0.2, 0) is 0 Å². The van der Waals surface area contributed by atoms with Gasteiger partial charge in [0.2, 0.25) is 0 Å². The average molecular weight is 271 g/mol. The molecule has 0 atom stereocenters. The lowest BCUT2D eigenvalue weighted by molar-refractivity contribution is 0.102. The Morgan fingerprint density at radius 2 is 2.10 bits per heavy atom. The van der Waals surface area contributed by atoms with Gasteiger partial charge in [0.25, 0.3) is 5.91 Å². The van der Waals surface area contributed by atoms with E-state index in [1.807, 2.05) is 18.3 Å². The number of nitrogens with zero attached hydrogens (tertiary/aromatic N) is 2. The van der Waals surface area contributed by atoms with Crippen LogP contribution in [0.1, 0.15) is 29.0 Å². The van der Waals surface area contributed by atoms with E-state index in [1.165, 1.54) is 19.1 Å². The predicted molar refractivity (Wildman–Crippen MR) is 77.1 cm³/mol. The van der Waals surface area contributed by atoms with Crippen LogP contribution in [0.15, 0.2) is 35.1 Å². The van der Waals surface area contributed by atoms with Crippen molar-refractivity contribution in [3.05, 3.63) is 42.0 Å². The normalized spacial score (nSPS) is 14.6. The van der Waals surface area contributed by atoms with E-state index in [0.29, 0.717) is 17.1 Å². The van der Waals surface area contributed by atoms with Crippen molar-refractivity contribution < 1.29 is 9.21 Å². The van der Waals surface area contributed by atoms with Gasteiger partial charge in [0.05, 0.1) is 23.7 Å². The summed E-state index contributed by atoms with van der Waals surface area (Å²) in [5.41, 5.74) is 1.65. The number of carbonyl (C=O) groups is 1. The molecular weight excluding hydrogens is 254 g/mol. The van der Waals surface area contributed by atoms with Gasteiger partial charge in [0.1, 0.15) is 11.6 Å². The number of hydrogen-bond acceptors (Lipinski definition) is 4. The molecular formula is C15H17N3O2. The Morgan fingerprint density at radius 1 is 1.30 bits per heavy atom. The van der Waals surface area contributed by atoms with Crippen LogP contribution in [-0.4, -0.2) is 24.0 Å². The first-order chi connectivity index (χ1) is 9.74. The third kappa shape index (κ3) is 2.52. The molecule has 1 aliphatic heterocycles. The standard InChI is InChI=1S/C15H17N3O2/c1-11-13(6-9-20-11)15(19)17-14-5-4-12(10-16-14)18-7-2-3-8-18/h4-6,9-10H,2-3,7-8H2,1H3,(H,16,17,19). The summed E-state index contributed by atoms with van der Waals surface area (Å²) < 4.78 is 5.12. The van der Waals surface area contributed by atoms with Crippen molar-refractivity contribution in [3.63, 3.8) is 0 Å². The Hall–Kier alpha value is -2.30. The van der Waals surface area contributed by atoms with Gasteiger partial charge in [-0.25, -0.2) is 4.98 Å². The Labute approximate surface area is 117 Å². The Balaban J connectivity index is 1.69. The largest absolute Gasteiger partial charge is 0.469 e. The van der Waals surface area contributed by atoms with E-state index < -0.39 is 0 Å². The summed E-state index contributed by atoms with van der Waals surface area (Å²) in [4.78, 5) is 18.6. The van der Waals surface area contributed by atoms with Gasteiger partial charge in [-0.1, -0.05) is 0 Å². The molecule has 5 nitrogen and oxygen atoms in total. The maximum absolute atomic E-state index is 12.0. The van der Waals surface area contributed by atoms with E-state index in [4.69, 9.17) is 4.42 Å². The van der Waals surface area contributed by atoms with Gasteiger partial charge in [0.15, 0.2) is 0 Å². The molecule has 1 N–H and O–H groups in total. The van der Waals surface area contributed by atoms with Gasteiger partial charge in [-0.05, 0) is 38.0 Å². The molecule has 0 unspecified atom stereocenters. The van der Waals surface area contributed by atoms with Crippen molar-refractivity contribution in [1.29, 1.82) is 0 Å². The zero-order valence-corrected chi connectivity index (χ0v) is 11.4. The molecule has 104 valence electrons. The van der Waals surface area contributed by atoms with Crippen molar-refractivity contribution in [1.82, 2.24) is 4.98 Å². The number of furan rings is 1. The van der Waals surface area contributed by atoms with Crippen LogP contribution in [0.4, 0.5) is 11.5 Å². The van der Waals surface area contributed by atoms with Crippen molar-refractivity contribution in [3.8, 4) is 0 Å². The first kappa shape index (κ1) is 12.7. The van der Waals surface area contributed by atoms with E-state index in [1.54, 1.807) is 13.0 Å². The Morgan fingerprint density at radius 3 is 2.70 bits per heavy atom. The highest BCUT2D eigenvalue weighted by Gasteiger charge is 2.14. The van der Waals surface area contributed by atoms with Crippen LogP contribution < -0.4 is 10.2 Å². The highest BCUT2D eigenvalue weighted by molar-refractivity contribution is 6.04. The minimum atomic E-state index is -0.197. The zero-order chi connectivity index (χ0) is 13.9. The molecule has 0 aliphatic carbocycles. The summed E-state index contributed by atoms with van der Waals surface area (Å²) >= 11 is 0. The molecule has 3 heterocycles. The molecule has 0 spiro atoms. The van der Waals surface area contributed by atoms with E-state index in [0.717, 1.165) is 18.8 Å². The molecule has 0 radical (unpaired) electrons. The van der Waals surface area contributed by atoms with Crippen LogP contribution >= 0.6 is 0 Å². The smallest absolute Gasteiger partial charge is 0.260 e. The van der Waals surface area contributed by atoms with Gasteiger partial charge >= 0.3 is 0 Å². The monoisotopic (exact) mass is 271 g/mol. The Bertz CT molecular complexity index is 598. The summed E-state index contributed by atoms with van der Waals surface area (Å²) in [6.45, 7) is 3.93. The number of carbonyl (C=O) groups excluding carboxylic acids is 1. The number of nitrogens with one attached hydrogen (secondary N) is 1. The summed E-state index contributed by atoms with van der Waals surface area (Å²) in [5, 5.41) is 2.77. The van der Waals surface area contributed by atoms with Crippen LogP contribution in [0.3, 0.4) is 0 Å². The topological polar surface area (TPSA) is 58.4 Å². The molecule has 5 heteroatoms. The fraction of sp³-hybridized carbons (Fsp3) is 0.333. The fourth-order valence-electron chi connectivity index (χ4n) is 2.43. The molecule has 1 saturated heterocycles. The lowest BCUT2D eigenvalue weighted by atomic mass is 10.2. The summed E-state index contributed by atoms with van der Waals surface area (Å²) in [7, 11) is 0. The number of aromatic nitrogens is 1. The van der Waals surface area contributed by atoms with Gasteiger partial charge in [-0.3, -0.25) is 4.79 Å². The third-order valence-corrected chi connectivity index (χ3v) is 3.56. The SMILES string of the molecule is Cc1occc1C(=O)Nc1ccc(N2CCCC2)cn1. The quantitative estimate of drug-likeness (QED) is 0.932. The predicted octanol–water partition coefficient (Wildman–Crippen LogP) is 2.84. The van der Waals surface area contributed by atoms with Crippen molar-refractivity contribution in [2.24, 2.45) is 0 Å². The Kier molecular flexibility index (Phi) is 3.41. The van der Waals surface area contributed by atoms with Crippen molar-refractivity contribution in [2.45, 2.75) is 19.8 Å². The van der Waals surface area contributed by atoms with E-state index in [2.05, 4.69) is 15.2 Å². The number of rotatable bonds is 3. The van der Waals surface area contributed by atoms with Gasteiger partial charge in [-0.15, -0.1) is 0 Å². The molecule has 1 amide bonds. The maximum Gasteiger partial charge on any atom is 0.260 e. The number of anilines is 2. The van der Waals surface area contributed by atoms with Crippen LogP contribution in [0, 0.1) is 6.92 Å². The lowest BCUT2D eigenvalue weighted by Gasteiger charge is -2.17. The number of aryl methyl sites for hydroxylation is 1. The zero-order valence-electron chi connectivity index (χ0n) is 11.4. The molecule has 0 bridgehead atoms. The van der Waals surface area contributed by atoms with Crippen LogP contribution in [0.2, 0.25) is 0 Å². The molecule has 20 heavy (non-hydrogen) atoms. The second kappa shape index (κ2) is 5.36. The minimum absolute atomic E-state index is 0.197. The molecule has 1 aliphatic rings. The van der Waals surface area contributed by atoms with E-state index in [9.17, 15) is 4.79 Å². The number of amides is 1. The third-order valence-electron chi connectivity index (χ3n) is 3.56. The first-order valence-corrected chi connectivity index (χ1v) is 6.80. The lowest BCUT2D eigenvalue weighted by Crippen LogP contribution is -2.18. The van der Waals surface area contributed by atoms with Crippen molar-refractivity contribution in [2.75, 3.05) is 23.3 Å². The summed E-state index contributed by atoms with van der Waals surface area (Å²) in [5.74, 6) is 0.965. The van der Waals surface area contributed by atoms with E-state index in [-0.39, 0.29) is 5.91 Å². The second-order valence-electron chi connectivity index (χ2n) is 4.94. The molecule has 0 saturated carbocycles. The molecule has 2 aromatic heterocycles. The minimum Gasteiger partial charge on any atom is -0.469 e. The first-order valence-electron chi connectivity index (χ1n) is 6.80. The van der Waals surface area contributed by atoms with Gasteiger partial charge in [0, 0.05) is 13.1 Å². The number of hydrogen-bond donors (Lipinski definition) is 1. The van der Waals surface area contributed by atoms with E-state index >= 15 is 0 Å².